The predicted octanol–water partition coefficient (Wildman–Crippen LogP) is -0.194. The average molecular weight is 94.1 g/mol. The smallest absolute Gasteiger partial charge is 0.0716 e. The molecule has 0 fully saturated rings. The first-order chi connectivity index (χ1) is 2.00. The lowest BCUT2D eigenvalue weighted by Crippen LogP contribution is -1.87. The van der Waals surface area contributed by atoms with Crippen LogP contribution >= 0.6 is 0 Å². The van der Waals surface area contributed by atoms with Crippen LogP contribution in [-0.2, 0) is 9.80 Å². The molecule has 2 nitrogen and oxygen atoms in total. The van der Waals surface area contributed by atoms with E-state index in [4.69, 9.17) is 4.55 Å². The summed E-state index contributed by atoms with van der Waals surface area (Å²) in [5, 5.41) is 0. The van der Waals surface area contributed by atoms with Crippen LogP contribution in [0.25, 0.3) is 0 Å². The van der Waals surface area contributed by atoms with E-state index in [0.717, 1.165) is 6.26 Å². The largest absolute Gasteiger partial charge is 0.314 e. The Morgan fingerprint density at radius 1 is 2.00 bits per heavy atom. The Labute approximate surface area is 31.7 Å². The van der Waals surface area contributed by atoms with Gasteiger partial charge in [-0.1, -0.05) is 0 Å². The summed E-state index contributed by atoms with van der Waals surface area (Å²) in [6.45, 7) is 0. The molecule has 0 aliphatic carbocycles. The third-order valence-electron chi connectivity index (χ3n) is 0. The monoisotopic (exact) mass is 94.0 g/mol. The first-order valence-electron chi connectivity index (χ1n) is 1.05. The molecule has 32 valence electrons. The first kappa shape index (κ1) is 4.98. The third-order valence-corrected chi connectivity index (χ3v) is 0. The van der Waals surface area contributed by atoms with Gasteiger partial charge in [0.2, 0.25) is 0 Å². The van der Waals surface area contributed by atoms with Gasteiger partial charge in [-0.3, -0.25) is 0 Å². The predicted molar refractivity (Wildman–Crippen MR) is 23.8 cm³/mol. The summed E-state index contributed by atoms with van der Waals surface area (Å²) in [5.41, 5.74) is 0. The van der Waals surface area contributed by atoms with Crippen molar-refractivity contribution in [3.8, 4) is 0 Å². The standard InChI is InChI=1S/C2H6O2S/c1-5(2,3)4/h1H2,2H3,(H,3,4). The molecular weight excluding hydrogens is 88.1 g/mol. The van der Waals surface area contributed by atoms with E-state index in [9.17, 15) is 4.21 Å². The molecule has 1 atom stereocenters. The van der Waals surface area contributed by atoms with E-state index < -0.39 is 9.80 Å². The van der Waals surface area contributed by atoms with Crippen LogP contribution in [0.4, 0.5) is 0 Å². The highest BCUT2D eigenvalue weighted by molar-refractivity contribution is 7.94. The van der Waals surface area contributed by atoms with Gasteiger partial charge in [0.25, 0.3) is 0 Å². The highest BCUT2D eigenvalue weighted by Gasteiger charge is 1.71. The lowest BCUT2D eigenvalue weighted by Gasteiger charge is -1.78. The van der Waals surface area contributed by atoms with Crippen LogP contribution in [0.1, 0.15) is 0 Å². The van der Waals surface area contributed by atoms with Crippen molar-refractivity contribution in [1.82, 2.24) is 0 Å². The Balaban J connectivity index is 4.06. The van der Waals surface area contributed by atoms with Crippen molar-refractivity contribution >= 4 is 15.7 Å². The fourth-order valence-electron chi connectivity index (χ4n) is 0. The molecule has 5 heavy (non-hydrogen) atoms. The molecule has 1 unspecified atom stereocenters. The number of hydrogen-bond donors (Lipinski definition) is 1. The van der Waals surface area contributed by atoms with Crippen LogP contribution in [0.2, 0.25) is 0 Å². The van der Waals surface area contributed by atoms with E-state index >= 15 is 0 Å². The van der Waals surface area contributed by atoms with Gasteiger partial charge in [-0.25, -0.2) is 4.21 Å². The summed E-state index contributed by atoms with van der Waals surface area (Å²) < 4.78 is 17.6. The van der Waals surface area contributed by atoms with Crippen LogP contribution in [0.3, 0.4) is 0 Å². The molecule has 0 aromatic rings. The first-order valence-corrected chi connectivity index (χ1v) is 3.14. The van der Waals surface area contributed by atoms with Gasteiger partial charge in [-0.15, -0.1) is 0 Å². The molecule has 0 bridgehead atoms. The molecule has 0 heterocycles. The van der Waals surface area contributed by atoms with Gasteiger partial charge in [0.05, 0.1) is 9.80 Å². The molecule has 0 saturated heterocycles. The van der Waals surface area contributed by atoms with Crippen molar-refractivity contribution in [1.29, 1.82) is 0 Å². The van der Waals surface area contributed by atoms with Gasteiger partial charge >= 0.3 is 0 Å². The number of rotatable bonds is 0. The minimum absolute atomic E-state index is 1.16. The highest BCUT2D eigenvalue weighted by atomic mass is 32.2. The van der Waals surface area contributed by atoms with Crippen molar-refractivity contribution in [3.63, 3.8) is 0 Å². The van der Waals surface area contributed by atoms with E-state index in [1.54, 1.807) is 0 Å². The van der Waals surface area contributed by atoms with Gasteiger partial charge in [0, 0.05) is 6.26 Å². The quantitative estimate of drug-likeness (QED) is 0.422. The van der Waals surface area contributed by atoms with Crippen LogP contribution in [0.15, 0.2) is 0 Å². The average Bonchev–Trinajstić information content (AvgIpc) is 0.722. The fourth-order valence-corrected chi connectivity index (χ4v) is 0. The summed E-state index contributed by atoms with van der Waals surface area (Å²) in [5.74, 6) is 2.85. The highest BCUT2D eigenvalue weighted by Crippen LogP contribution is 1.60. The summed E-state index contributed by atoms with van der Waals surface area (Å²) >= 11 is 0. The summed E-state index contributed by atoms with van der Waals surface area (Å²) in [6.07, 6.45) is 1.16. The molecule has 0 aromatic carbocycles. The van der Waals surface area contributed by atoms with Crippen molar-refractivity contribution in [2.45, 2.75) is 0 Å². The molecule has 0 radical (unpaired) electrons. The van der Waals surface area contributed by atoms with Gasteiger partial charge < -0.3 is 4.55 Å². The molecule has 1 N–H and O–H groups in total. The molecule has 0 spiro atoms. The Morgan fingerprint density at radius 2 is 2.00 bits per heavy atom. The van der Waals surface area contributed by atoms with E-state index in [1.807, 2.05) is 0 Å². The minimum atomic E-state index is -2.67. The molecule has 0 aliphatic heterocycles. The normalized spacial score (nSPS) is 21.2. The van der Waals surface area contributed by atoms with Gasteiger partial charge in [-0.05, 0) is 5.87 Å². The maximum absolute atomic E-state index is 9.63. The van der Waals surface area contributed by atoms with E-state index in [1.165, 1.54) is 0 Å². The molecular formula is C2H6O2S. The lowest BCUT2D eigenvalue weighted by atomic mass is 11.9. The molecule has 0 rings (SSSR count). The maximum atomic E-state index is 9.63. The number of hydrogen-bond acceptors (Lipinski definition) is 1. The Hall–Kier alpha value is -0.0200. The van der Waals surface area contributed by atoms with Crippen molar-refractivity contribution in [2.24, 2.45) is 0 Å². The third kappa shape index (κ3) is 39000. The van der Waals surface area contributed by atoms with E-state index in [2.05, 4.69) is 5.87 Å². The SMILES string of the molecule is C=S(C)(=O)O. The molecule has 0 aliphatic rings. The zero-order chi connectivity index (χ0) is 4.50. The van der Waals surface area contributed by atoms with Crippen molar-refractivity contribution < 1.29 is 8.76 Å². The minimum Gasteiger partial charge on any atom is -0.314 e. The Bertz CT molecular complexity index is 90.8. The Kier molecular flexibility index (Phi) is 0.984. The zero-order valence-corrected chi connectivity index (χ0v) is 3.79. The van der Waals surface area contributed by atoms with E-state index in [0.29, 0.717) is 0 Å². The fraction of sp³-hybridized carbons (Fsp3) is 0.500. The van der Waals surface area contributed by atoms with Crippen LogP contribution in [0.5, 0.6) is 0 Å². The summed E-state index contributed by atoms with van der Waals surface area (Å²) in [6, 6.07) is 0. The van der Waals surface area contributed by atoms with Crippen LogP contribution in [0, 0.1) is 0 Å². The van der Waals surface area contributed by atoms with Crippen molar-refractivity contribution in [3.05, 3.63) is 0 Å². The second-order valence-electron chi connectivity index (χ2n) is 0.959. The summed E-state index contributed by atoms with van der Waals surface area (Å²) in [4.78, 5) is 0. The van der Waals surface area contributed by atoms with Crippen LogP contribution < -0.4 is 0 Å². The van der Waals surface area contributed by atoms with Gasteiger partial charge in [-0.2, -0.15) is 0 Å². The van der Waals surface area contributed by atoms with Crippen LogP contribution in [-0.4, -0.2) is 20.9 Å². The van der Waals surface area contributed by atoms with Gasteiger partial charge in [0.15, 0.2) is 0 Å². The molecule has 3 heteroatoms. The maximum Gasteiger partial charge on any atom is 0.0716 e. The van der Waals surface area contributed by atoms with Gasteiger partial charge in [0.1, 0.15) is 0 Å². The second-order valence-corrected chi connectivity index (χ2v) is 2.88. The molecule has 0 saturated carbocycles. The van der Waals surface area contributed by atoms with Crippen molar-refractivity contribution in [2.75, 3.05) is 6.26 Å². The molecule has 0 aromatic heterocycles. The Morgan fingerprint density at radius 3 is 2.00 bits per heavy atom. The second kappa shape index (κ2) is 0.988. The zero-order valence-electron chi connectivity index (χ0n) is 2.97. The van der Waals surface area contributed by atoms with E-state index in [-0.39, 0.29) is 0 Å². The lowest BCUT2D eigenvalue weighted by molar-refractivity contribution is 0.567. The topological polar surface area (TPSA) is 37.3 Å². The molecule has 0 amide bonds. The summed E-state index contributed by atoms with van der Waals surface area (Å²) in [7, 11) is -2.67.